The fraction of sp³-hybridized carbons (Fsp3) is 0.375. The largest absolute Gasteiger partial charge is 0.481 e. The van der Waals surface area contributed by atoms with Crippen molar-refractivity contribution in [1.29, 1.82) is 0 Å². The number of hydrogen-bond donors (Lipinski definition) is 3. The normalized spacial score (nSPS) is 12.1. The second kappa shape index (κ2) is 4.40. The van der Waals surface area contributed by atoms with Crippen molar-refractivity contribution in [2.45, 2.75) is 19.4 Å². The summed E-state index contributed by atoms with van der Waals surface area (Å²) >= 11 is 0. The minimum absolute atomic E-state index is 0.308. The van der Waals surface area contributed by atoms with Gasteiger partial charge in [0.25, 0.3) is 0 Å². The highest BCUT2D eigenvalue weighted by Gasteiger charge is 2.13. The summed E-state index contributed by atoms with van der Waals surface area (Å²) in [4.78, 5) is 28.0. The van der Waals surface area contributed by atoms with Crippen LogP contribution in [0.25, 0.3) is 0 Å². The Morgan fingerprint density at radius 1 is 1.71 bits per heavy atom. The highest BCUT2D eigenvalue weighted by molar-refractivity contribution is 5.93. The highest BCUT2D eigenvalue weighted by Crippen LogP contribution is 2.04. The summed E-state index contributed by atoms with van der Waals surface area (Å²) in [5.74, 6) is -1.07. The van der Waals surface area contributed by atoms with Crippen LogP contribution in [0, 0.1) is 0 Å². The molecule has 1 rings (SSSR count). The number of carboxylic acid groups (broad SMARTS) is 1. The van der Waals surface area contributed by atoms with Crippen molar-refractivity contribution >= 4 is 11.9 Å². The molecular weight excluding hydrogens is 186 g/mol. The zero-order chi connectivity index (χ0) is 10.6. The van der Waals surface area contributed by atoms with Crippen LogP contribution >= 0.6 is 0 Å². The van der Waals surface area contributed by atoms with E-state index in [1.807, 2.05) is 0 Å². The number of carbonyl (C=O) groups excluding carboxylic acids is 1. The molecule has 0 saturated carbocycles. The van der Waals surface area contributed by atoms with Crippen molar-refractivity contribution in [3.63, 3.8) is 0 Å². The van der Waals surface area contributed by atoms with Gasteiger partial charge in [-0.25, -0.2) is 4.98 Å². The second-order valence-corrected chi connectivity index (χ2v) is 2.83. The molecule has 1 unspecified atom stereocenters. The van der Waals surface area contributed by atoms with Crippen molar-refractivity contribution in [1.82, 2.24) is 15.3 Å². The van der Waals surface area contributed by atoms with E-state index in [9.17, 15) is 9.59 Å². The van der Waals surface area contributed by atoms with E-state index in [1.165, 1.54) is 0 Å². The lowest BCUT2D eigenvalue weighted by Gasteiger charge is -2.09. The molecule has 14 heavy (non-hydrogen) atoms. The molecule has 0 bridgehead atoms. The lowest BCUT2D eigenvalue weighted by atomic mass is 10.3. The van der Waals surface area contributed by atoms with Gasteiger partial charge >= 0.3 is 5.97 Å². The van der Waals surface area contributed by atoms with Gasteiger partial charge in [-0.2, -0.15) is 0 Å². The Kier molecular flexibility index (Phi) is 3.22. The minimum Gasteiger partial charge on any atom is -0.481 e. The van der Waals surface area contributed by atoms with Gasteiger partial charge in [0.2, 0.25) is 5.91 Å². The fourth-order valence-electron chi connectivity index (χ4n) is 1.01. The Hall–Kier alpha value is -1.85. The van der Waals surface area contributed by atoms with E-state index in [-0.39, 0.29) is 6.04 Å². The third-order valence-corrected chi connectivity index (χ3v) is 1.62. The number of hydrogen-bond acceptors (Lipinski definition) is 3. The van der Waals surface area contributed by atoms with E-state index in [1.54, 1.807) is 19.3 Å². The topological polar surface area (TPSA) is 95.1 Å². The van der Waals surface area contributed by atoms with Crippen LogP contribution in [0.2, 0.25) is 0 Å². The lowest BCUT2D eigenvalue weighted by Crippen LogP contribution is -2.28. The van der Waals surface area contributed by atoms with Gasteiger partial charge < -0.3 is 15.4 Å². The van der Waals surface area contributed by atoms with Crippen LogP contribution in [0.5, 0.6) is 0 Å². The zero-order valence-electron chi connectivity index (χ0n) is 7.65. The van der Waals surface area contributed by atoms with Crippen molar-refractivity contribution in [2.24, 2.45) is 0 Å². The number of carbonyl (C=O) groups is 2. The number of rotatable bonds is 4. The third kappa shape index (κ3) is 2.89. The Labute approximate surface area is 80.4 Å². The number of H-pyrrole nitrogens is 1. The monoisotopic (exact) mass is 197 g/mol. The Morgan fingerprint density at radius 2 is 2.43 bits per heavy atom. The first-order chi connectivity index (χ1) is 6.59. The number of nitrogens with one attached hydrogen (secondary N) is 2. The van der Waals surface area contributed by atoms with Crippen molar-refractivity contribution in [2.75, 3.05) is 0 Å². The molecule has 0 fully saturated rings. The number of amides is 1. The summed E-state index contributed by atoms with van der Waals surface area (Å²) < 4.78 is 0. The standard InChI is InChI=1S/C8H11N3O3/c1-5(8-9-2-3-10-8)11-6(12)4-7(13)14/h2-3,5H,4H2,1H3,(H,9,10)(H,11,12)(H,13,14). The molecule has 1 aromatic rings. The summed E-state index contributed by atoms with van der Waals surface area (Å²) in [6, 6.07) is -0.308. The smallest absolute Gasteiger partial charge is 0.312 e. The van der Waals surface area contributed by atoms with Crippen LogP contribution in [0.15, 0.2) is 12.4 Å². The maximum Gasteiger partial charge on any atom is 0.312 e. The molecule has 76 valence electrons. The maximum atomic E-state index is 11.0. The van der Waals surface area contributed by atoms with Crippen LogP contribution in [0.1, 0.15) is 25.2 Å². The zero-order valence-corrected chi connectivity index (χ0v) is 7.65. The van der Waals surface area contributed by atoms with Crippen LogP contribution in [0.4, 0.5) is 0 Å². The van der Waals surface area contributed by atoms with Crippen molar-refractivity contribution in [3.05, 3.63) is 18.2 Å². The van der Waals surface area contributed by atoms with E-state index in [0.29, 0.717) is 5.82 Å². The molecule has 6 nitrogen and oxygen atoms in total. The van der Waals surface area contributed by atoms with Gasteiger partial charge in [0.1, 0.15) is 12.2 Å². The summed E-state index contributed by atoms with van der Waals surface area (Å²) in [5.41, 5.74) is 0. The van der Waals surface area contributed by atoms with Crippen molar-refractivity contribution < 1.29 is 14.7 Å². The summed E-state index contributed by atoms with van der Waals surface area (Å²) in [6.45, 7) is 1.72. The van der Waals surface area contributed by atoms with Gasteiger partial charge in [-0.15, -0.1) is 0 Å². The van der Waals surface area contributed by atoms with Gasteiger partial charge in [0.05, 0.1) is 6.04 Å². The SMILES string of the molecule is CC(NC(=O)CC(=O)O)c1ncc[nH]1. The Balaban J connectivity index is 2.45. The van der Waals surface area contributed by atoms with E-state index in [4.69, 9.17) is 5.11 Å². The molecule has 1 heterocycles. The van der Waals surface area contributed by atoms with Gasteiger partial charge in [0, 0.05) is 12.4 Å². The molecule has 0 spiro atoms. The van der Waals surface area contributed by atoms with Crippen molar-refractivity contribution in [3.8, 4) is 0 Å². The molecule has 0 saturated heterocycles. The number of aromatic nitrogens is 2. The average molecular weight is 197 g/mol. The van der Waals surface area contributed by atoms with Gasteiger partial charge in [-0.3, -0.25) is 9.59 Å². The molecule has 1 amide bonds. The first kappa shape index (κ1) is 10.2. The molecule has 6 heteroatoms. The first-order valence-electron chi connectivity index (χ1n) is 4.10. The average Bonchev–Trinajstić information content (AvgIpc) is 2.53. The Morgan fingerprint density at radius 3 is 2.93 bits per heavy atom. The highest BCUT2D eigenvalue weighted by atomic mass is 16.4. The van der Waals surface area contributed by atoms with E-state index in [0.717, 1.165) is 0 Å². The molecule has 0 aliphatic rings. The van der Waals surface area contributed by atoms with E-state index >= 15 is 0 Å². The predicted octanol–water partition coefficient (Wildman–Crippen LogP) is 0.0616. The van der Waals surface area contributed by atoms with Crippen LogP contribution in [-0.4, -0.2) is 27.0 Å². The minimum atomic E-state index is -1.14. The summed E-state index contributed by atoms with van der Waals surface area (Å²) in [5, 5.41) is 10.8. The fourth-order valence-corrected chi connectivity index (χ4v) is 1.01. The van der Waals surface area contributed by atoms with Crippen LogP contribution in [0.3, 0.4) is 0 Å². The second-order valence-electron chi connectivity index (χ2n) is 2.83. The maximum absolute atomic E-state index is 11.0. The first-order valence-corrected chi connectivity index (χ1v) is 4.10. The summed E-state index contributed by atoms with van der Waals surface area (Å²) in [6.07, 6.45) is 2.68. The number of aromatic amines is 1. The number of aliphatic carboxylic acids is 1. The van der Waals surface area contributed by atoms with Gasteiger partial charge in [0.15, 0.2) is 0 Å². The quantitative estimate of drug-likeness (QED) is 0.595. The molecule has 0 radical (unpaired) electrons. The number of imidazole rings is 1. The number of carboxylic acids is 1. The molecule has 0 aromatic carbocycles. The van der Waals surface area contributed by atoms with Crippen LogP contribution in [-0.2, 0) is 9.59 Å². The number of nitrogens with zero attached hydrogens (tertiary/aromatic N) is 1. The summed E-state index contributed by atoms with van der Waals surface area (Å²) in [7, 11) is 0. The lowest BCUT2D eigenvalue weighted by molar-refractivity contribution is -0.140. The van der Waals surface area contributed by atoms with E-state index < -0.39 is 18.3 Å². The van der Waals surface area contributed by atoms with E-state index in [2.05, 4.69) is 15.3 Å². The Bertz CT molecular complexity index is 321. The third-order valence-electron chi connectivity index (χ3n) is 1.62. The predicted molar refractivity (Wildman–Crippen MR) is 47.4 cm³/mol. The molecule has 3 N–H and O–H groups in total. The molecule has 0 aliphatic heterocycles. The molecule has 1 atom stereocenters. The molecule has 0 aliphatic carbocycles. The molecule has 1 aromatic heterocycles. The van der Waals surface area contributed by atoms with Gasteiger partial charge in [-0.1, -0.05) is 0 Å². The van der Waals surface area contributed by atoms with Crippen LogP contribution < -0.4 is 5.32 Å². The molecular formula is C8H11N3O3. The van der Waals surface area contributed by atoms with Gasteiger partial charge in [-0.05, 0) is 6.92 Å².